The van der Waals surface area contributed by atoms with Crippen molar-refractivity contribution in [3.05, 3.63) is 27.9 Å². The zero-order valence-electron chi connectivity index (χ0n) is 18.2. The van der Waals surface area contributed by atoms with Crippen molar-refractivity contribution in [2.24, 2.45) is 5.41 Å². The maximum Gasteiger partial charge on any atom is 0.253 e. The van der Waals surface area contributed by atoms with Crippen molar-refractivity contribution in [2.45, 2.75) is 77.7 Å². The Morgan fingerprint density at radius 2 is 2.00 bits per heavy atom. The van der Waals surface area contributed by atoms with E-state index in [-0.39, 0.29) is 17.4 Å². The van der Waals surface area contributed by atoms with Crippen LogP contribution in [-0.4, -0.2) is 58.0 Å². The molecule has 0 radical (unpaired) electrons. The van der Waals surface area contributed by atoms with E-state index in [1.807, 2.05) is 9.47 Å². The fourth-order valence-corrected chi connectivity index (χ4v) is 5.36. The van der Waals surface area contributed by atoms with Gasteiger partial charge in [0.1, 0.15) is 5.82 Å². The van der Waals surface area contributed by atoms with Gasteiger partial charge >= 0.3 is 0 Å². The maximum absolute atomic E-state index is 13.0. The molecule has 0 aromatic carbocycles. The number of carbonyl (C=O) groups excluding carboxylic acids is 1. The Hall–Kier alpha value is -1.69. The topological polar surface area (TPSA) is 58.4 Å². The molecule has 4 heterocycles. The van der Waals surface area contributed by atoms with E-state index in [0.29, 0.717) is 18.5 Å². The monoisotopic (exact) mass is 400 g/mol. The molecule has 6 nitrogen and oxygen atoms in total. The molecule has 0 bridgehead atoms. The third kappa shape index (κ3) is 4.90. The Balaban J connectivity index is 1.43. The Morgan fingerprint density at radius 3 is 2.83 bits per heavy atom. The van der Waals surface area contributed by atoms with Crippen LogP contribution >= 0.6 is 0 Å². The summed E-state index contributed by atoms with van der Waals surface area (Å²) in [6, 6.07) is 1.74. The minimum absolute atomic E-state index is 0.0888. The molecule has 2 saturated heterocycles. The van der Waals surface area contributed by atoms with E-state index in [1.54, 1.807) is 6.07 Å². The molecule has 1 atom stereocenters. The van der Waals surface area contributed by atoms with Crippen LogP contribution in [0.25, 0.3) is 0 Å². The number of fused-ring (bicyclic) bond motifs is 1. The second kappa shape index (κ2) is 8.58. The Labute approximate surface area is 174 Å². The van der Waals surface area contributed by atoms with Gasteiger partial charge in [0.25, 0.3) is 5.56 Å². The molecule has 6 heteroatoms. The quantitative estimate of drug-likeness (QED) is 0.783. The van der Waals surface area contributed by atoms with Gasteiger partial charge in [0, 0.05) is 44.6 Å². The van der Waals surface area contributed by atoms with Crippen LogP contribution in [0, 0.1) is 5.41 Å². The molecule has 160 valence electrons. The van der Waals surface area contributed by atoms with Crippen LogP contribution in [0.4, 0.5) is 0 Å². The number of aryl methyl sites for hydroxylation is 1. The van der Waals surface area contributed by atoms with Gasteiger partial charge in [0.2, 0.25) is 5.91 Å². The van der Waals surface area contributed by atoms with E-state index >= 15 is 0 Å². The van der Waals surface area contributed by atoms with Crippen LogP contribution in [0.15, 0.2) is 10.9 Å². The highest BCUT2D eigenvalue weighted by molar-refractivity contribution is 5.78. The lowest BCUT2D eigenvalue weighted by Crippen LogP contribution is -2.48. The second-order valence-electron chi connectivity index (χ2n) is 10.1. The molecule has 0 spiro atoms. The highest BCUT2D eigenvalue weighted by Gasteiger charge is 2.31. The van der Waals surface area contributed by atoms with Gasteiger partial charge in [-0.1, -0.05) is 20.3 Å². The van der Waals surface area contributed by atoms with Crippen LogP contribution in [0.2, 0.25) is 0 Å². The Morgan fingerprint density at radius 1 is 1.14 bits per heavy atom. The molecule has 1 aromatic rings. The average Bonchev–Trinajstić information content (AvgIpc) is 2.93. The van der Waals surface area contributed by atoms with Gasteiger partial charge in [-0.15, -0.1) is 0 Å². The molecule has 1 aromatic heterocycles. The van der Waals surface area contributed by atoms with E-state index in [0.717, 1.165) is 76.2 Å². The molecule has 0 saturated carbocycles. The first-order valence-electron chi connectivity index (χ1n) is 11.5. The predicted molar refractivity (Wildman–Crippen MR) is 114 cm³/mol. The number of hydrogen-bond donors (Lipinski definition) is 0. The summed E-state index contributed by atoms with van der Waals surface area (Å²) < 4.78 is 1.86. The van der Waals surface area contributed by atoms with Crippen molar-refractivity contribution >= 4 is 5.91 Å². The lowest BCUT2D eigenvalue weighted by molar-refractivity contribution is -0.134. The largest absolute Gasteiger partial charge is 0.341 e. The molecule has 3 aliphatic rings. The average molecular weight is 401 g/mol. The van der Waals surface area contributed by atoms with Gasteiger partial charge in [-0.3, -0.25) is 19.1 Å². The first kappa shape index (κ1) is 20.6. The fourth-order valence-electron chi connectivity index (χ4n) is 5.36. The summed E-state index contributed by atoms with van der Waals surface area (Å²) in [6.45, 7) is 9.46. The van der Waals surface area contributed by atoms with Gasteiger partial charge in [0.15, 0.2) is 0 Å². The first-order chi connectivity index (χ1) is 13.9. The highest BCUT2D eigenvalue weighted by atomic mass is 16.2. The summed E-state index contributed by atoms with van der Waals surface area (Å²) in [4.78, 5) is 34.9. The van der Waals surface area contributed by atoms with E-state index in [9.17, 15) is 9.59 Å². The number of amides is 1. The van der Waals surface area contributed by atoms with Crippen LogP contribution in [-0.2, 0) is 17.8 Å². The minimum Gasteiger partial charge on any atom is -0.341 e. The lowest BCUT2D eigenvalue weighted by Gasteiger charge is -2.39. The van der Waals surface area contributed by atoms with Crippen molar-refractivity contribution in [3.8, 4) is 0 Å². The number of hydrogen-bond acceptors (Lipinski definition) is 4. The predicted octanol–water partition coefficient (Wildman–Crippen LogP) is 2.80. The first-order valence-corrected chi connectivity index (χ1v) is 11.5. The van der Waals surface area contributed by atoms with E-state index in [4.69, 9.17) is 4.98 Å². The third-order valence-electron chi connectivity index (χ3n) is 6.92. The van der Waals surface area contributed by atoms with Crippen LogP contribution in [0.1, 0.15) is 76.2 Å². The highest BCUT2D eigenvalue weighted by Crippen LogP contribution is 2.29. The molecule has 0 N–H and O–H groups in total. The molecule has 2 fully saturated rings. The summed E-state index contributed by atoms with van der Waals surface area (Å²) in [5, 5.41) is 0. The summed E-state index contributed by atoms with van der Waals surface area (Å²) >= 11 is 0. The van der Waals surface area contributed by atoms with Gasteiger partial charge in [-0.2, -0.15) is 0 Å². The smallest absolute Gasteiger partial charge is 0.253 e. The standard InChI is InChI=1S/C23H36N4O2/c1-23(2)10-7-11-25(17-23)16-22(29)26-12-6-8-18(15-26)19-14-21(28)27-13-5-3-4-9-20(27)24-19/h14,18H,3-13,15-17H2,1-2H3/t18-/m0/s1. The number of nitrogens with zero attached hydrogens (tertiary/aromatic N) is 4. The molecule has 1 amide bonds. The fraction of sp³-hybridized carbons (Fsp3) is 0.783. The molecular formula is C23H36N4O2. The number of aromatic nitrogens is 2. The summed E-state index contributed by atoms with van der Waals surface area (Å²) in [5.41, 5.74) is 1.29. The van der Waals surface area contributed by atoms with Gasteiger partial charge in [-0.05, 0) is 50.5 Å². The Kier molecular flexibility index (Phi) is 6.09. The molecular weight excluding hydrogens is 364 g/mol. The maximum atomic E-state index is 13.0. The van der Waals surface area contributed by atoms with Crippen molar-refractivity contribution in [1.82, 2.24) is 19.4 Å². The van der Waals surface area contributed by atoms with Crippen molar-refractivity contribution < 1.29 is 4.79 Å². The summed E-state index contributed by atoms with van der Waals surface area (Å²) in [5.74, 6) is 1.37. The van der Waals surface area contributed by atoms with Crippen molar-refractivity contribution in [3.63, 3.8) is 0 Å². The normalized spacial score (nSPS) is 25.3. The van der Waals surface area contributed by atoms with Crippen molar-refractivity contribution in [2.75, 3.05) is 32.7 Å². The number of likely N-dealkylation sites (tertiary alicyclic amines) is 2. The summed E-state index contributed by atoms with van der Waals surface area (Å²) in [7, 11) is 0. The number of piperidine rings is 2. The van der Waals surface area contributed by atoms with E-state index in [1.165, 1.54) is 12.8 Å². The van der Waals surface area contributed by atoms with E-state index in [2.05, 4.69) is 18.7 Å². The molecule has 4 rings (SSSR count). The molecule has 0 unspecified atom stereocenters. The molecule has 29 heavy (non-hydrogen) atoms. The molecule has 3 aliphatic heterocycles. The second-order valence-corrected chi connectivity index (χ2v) is 10.1. The Bertz CT molecular complexity index is 801. The van der Waals surface area contributed by atoms with Gasteiger partial charge in [0.05, 0.1) is 12.2 Å². The zero-order valence-corrected chi connectivity index (χ0v) is 18.2. The third-order valence-corrected chi connectivity index (χ3v) is 6.92. The van der Waals surface area contributed by atoms with Crippen LogP contribution in [0.3, 0.4) is 0 Å². The number of rotatable bonds is 3. The van der Waals surface area contributed by atoms with Crippen LogP contribution < -0.4 is 5.56 Å². The van der Waals surface area contributed by atoms with Gasteiger partial charge < -0.3 is 4.90 Å². The zero-order chi connectivity index (χ0) is 20.4. The lowest BCUT2D eigenvalue weighted by atomic mass is 9.84. The van der Waals surface area contributed by atoms with E-state index < -0.39 is 0 Å². The van der Waals surface area contributed by atoms with Gasteiger partial charge in [-0.25, -0.2) is 4.98 Å². The van der Waals surface area contributed by atoms with Crippen molar-refractivity contribution in [1.29, 1.82) is 0 Å². The number of carbonyl (C=O) groups is 1. The molecule has 0 aliphatic carbocycles. The van der Waals surface area contributed by atoms with Crippen LogP contribution in [0.5, 0.6) is 0 Å². The minimum atomic E-state index is 0.0888. The SMILES string of the molecule is CC1(C)CCCN(CC(=O)N2CCC[C@H](c3cc(=O)n4c(n3)CCCCC4)C2)C1. The summed E-state index contributed by atoms with van der Waals surface area (Å²) in [6.07, 6.45) is 8.64.